The van der Waals surface area contributed by atoms with Gasteiger partial charge in [0.1, 0.15) is 6.29 Å². The predicted octanol–water partition coefficient (Wildman–Crippen LogP) is 1.28. The van der Waals surface area contributed by atoms with Gasteiger partial charge in [0.15, 0.2) is 0 Å². The number of carboxylic acids is 1. The summed E-state index contributed by atoms with van der Waals surface area (Å²) in [4.78, 5) is 19.4. The van der Waals surface area contributed by atoms with Crippen molar-refractivity contribution in [2.24, 2.45) is 0 Å². The quantitative estimate of drug-likeness (QED) is 0.535. The average Bonchev–Trinajstić information content (AvgIpc) is 1.66. The zero-order chi connectivity index (χ0) is 6.41. The van der Waals surface area contributed by atoms with Gasteiger partial charge in [-0.1, -0.05) is 0 Å². The molecule has 0 bridgehead atoms. The number of hydrogen-bond acceptors (Lipinski definition) is 2. The summed E-state index contributed by atoms with van der Waals surface area (Å²) < 4.78 is 0. The molecule has 3 nitrogen and oxygen atoms in total. The van der Waals surface area contributed by atoms with Gasteiger partial charge in [0.25, 0.3) is 0 Å². The van der Waals surface area contributed by atoms with E-state index in [1.165, 1.54) is 0 Å². The molecule has 0 spiro atoms. The first-order chi connectivity index (χ1) is 3.77. The second-order valence-electron chi connectivity index (χ2n) is 1.45. The molecule has 0 atom stereocenters. The molecule has 62 valence electrons. The van der Waals surface area contributed by atoms with Gasteiger partial charge in [-0.2, -0.15) is 0 Å². The van der Waals surface area contributed by atoms with E-state index in [1.54, 1.807) is 0 Å². The summed E-state index contributed by atoms with van der Waals surface area (Å²) in [5.41, 5.74) is 0. The molecule has 0 aliphatic heterocycles. The lowest BCUT2D eigenvalue weighted by Gasteiger charge is -1.85. The first-order valence-electron chi connectivity index (χ1n) is 2.43. The lowest BCUT2D eigenvalue weighted by molar-refractivity contribution is -0.137. The Labute approximate surface area is 71.6 Å². The molecule has 0 aliphatic rings. The predicted molar refractivity (Wildman–Crippen MR) is 42.0 cm³/mol. The van der Waals surface area contributed by atoms with Crippen molar-refractivity contribution in [3.05, 3.63) is 0 Å². The lowest BCUT2D eigenvalue weighted by Crippen LogP contribution is -1.93. The molecule has 0 aromatic heterocycles. The Morgan fingerprint density at radius 1 is 1.40 bits per heavy atom. The molecule has 0 aromatic carbocycles. The number of carbonyl (C=O) groups is 2. The summed E-state index contributed by atoms with van der Waals surface area (Å²) in [6, 6.07) is 0. The average molecular weight is 189 g/mol. The Bertz CT molecular complexity index is 94.9. The number of aldehydes is 1. The van der Waals surface area contributed by atoms with E-state index in [9.17, 15) is 9.59 Å². The van der Waals surface area contributed by atoms with Gasteiger partial charge in [0, 0.05) is 12.8 Å². The van der Waals surface area contributed by atoms with Gasteiger partial charge in [-0.25, -0.2) is 0 Å². The number of rotatable bonds is 4. The normalized spacial score (nSPS) is 6.80. The highest BCUT2D eigenvalue weighted by Crippen LogP contribution is 1.90. The van der Waals surface area contributed by atoms with Crippen LogP contribution in [-0.4, -0.2) is 17.4 Å². The minimum Gasteiger partial charge on any atom is -0.481 e. The first kappa shape index (κ1) is 16.4. The first-order valence-corrected chi connectivity index (χ1v) is 2.43. The van der Waals surface area contributed by atoms with Crippen LogP contribution in [-0.2, 0) is 9.59 Å². The van der Waals surface area contributed by atoms with Crippen LogP contribution in [0.1, 0.15) is 19.3 Å². The van der Waals surface area contributed by atoms with E-state index in [0.717, 1.165) is 6.29 Å². The molecule has 0 saturated carbocycles. The van der Waals surface area contributed by atoms with Crippen LogP contribution < -0.4 is 0 Å². The molecule has 0 saturated heterocycles. The van der Waals surface area contributed by atoms with Gasteiger partial charge >= 0.3 is 5.97 Å². The summed E-state index contributed by atoms with van der Waals surface area (Å²) in [6.45, 7) is 0. The Morgan fingerprint density at radius 2 is 1.90 bits per heavy atom. The van der Waals surface area contributed by atoms with Crippen LogP contribution in [0.15, 0.2) is 0 Å². The van der Waals surface area contributed by atoms with Crippen LogP contribution in [0.5, 0.6) is 0 Å². The fourth-order valence-electron chi connectivity index (χ4n) is 0.337. The molecule has 0 heterocycles. The SMILES string of the molecule is Cl.Cl.O=CCCCC(=O)O. The summed E-state index contributed by atoms with van der Waals surface area (Å²) >= 11 is 0. The van der Waals surface area contributed by atoms with Crippen LogP contribution in [0, 0.1) is 0 Å². The van der Waals surface area contributed by atoms with Crippen molar-refractivity contribution in [2.45, 2.75) is 19.3 Å². The van der Waals surface area contributed by atoms with Crippen LogP contribution in [0.4, 0.5) is 0 Å². The largest absolute Gasteiger partial charge is 0.481 e. The van der Waals surface area contributed by atoms with Crippen molar-refractivity contribution in [1.29, 1.82) is 0 Å². The Morgan fingerprint density at radius 3 is 2.20 bits per heavy atom. The third-order valence-electron chi connectivity index (χ3n) is 0.713. The van der Waals surface area contributed by atoms with Gasteiger partial charge in [-0.05, 0) is 6.42 Å². The Kier molecular flexibility index (Phi) is 18.8. The molecule has 5 heteroatoms. The molecule has 0 unspecified atom stereocenters. The van der Waals surface area contributed by atoms with Crippen LogP contribution in [0.2, 0.25) is 0 Å². The molecule has 0 rings (SSSR count). The maximum Gasteiger partial charge on any atom is 0.303 e. The van der Waals surface area contributed by atoms with E-state index in [2.05, 4.69) is 0 Å². The smallest absolute Gasteiger partial charge is 0.303 e. The fourth-order valence-corrected chi connectivity index (χ4v) is 0.337. The lowest BCUT2D eigenvalue weighted by atomic mass is 10.2. The van der Waals surface area contributed by atoms with Gasteiger partial charge in [-0.3, -0.25) is 4.79 Å². The zero-order valence-electron chi connectivity index (χ0n) is 5.28. The highest BCUT2D eigenvalue weighted by atomic mass is 35.5. The molecular weight excluding hydrogens is 179 g/mol. The topological polar surface area (TPSA) is 54.4 Å². The maximum absolute atomic E-state index is 9.76. The highest BCUT2D eigenvalue weighted by Gasteiger charge is 1.93. The molecule has 0 aliphatic carbocycles. The van der Waals surface area contributed by atoms with Gasteiger partial charge in [-0.15, -0.1) is 24.8 Å². The van der Waals surface area contributed by atoms with Gasteiger partial charge < -0.3 is 9.90 Å². The third-order valence-corrected chi connectivity index (χ3v) is 0.713. The molecular formula is C5H10Cl2O3. The van der Waals surface area contributed by atoms with Crippen molar-refractivity contribution in [3.8, 4) is 0 Å². The zero-order valence-corrected chi connectivity index (χ0v) is 6.91. The van der Waals surface area contributed by atoms with Crippen LogP contribution in [0.3, 0.4) is 0 Å². The molecule has 0 aromatic rings. The van der Waals surface area contributed by atoms with E-state index < -0.39 is 5.97 Å². The van der Waals surface area contributed by atoms with E-state index in [1.807, 2.05) is 0 Å². The monoisotopic (exact) mass is 188 g/mol. The van der Waals surface area contributed by atoms with Crippen LogP contribution in [0.25, 0.3) is 0 Å². The van der Waals surface area contributed by atoms with Crippen LogP contribution >= 0.6 is 24.8 Å². The van der Waals surface area contributed by atoms with Crippen molar-refractivity contribution >= 4 is 37.1 Å². The molecule has 1 N–H and O–H groups in total. The van der Waals surface area contributed by atoms with E-state index >= 15 is 0 Å². The third kappa shape index (κ3) is 15.6. The summed E-state index contributed by atoms with van der Waals surface area (Å²) in [5.74, 6) is -0.841. The van der Waals surface area contributed by atoms with E-state index in [-0.39, 0.29) is 31.2 Å². The fraction of sp³-hybridized carbons (Fsp3) is 0.600. The number of aliphatic carboxylic acids is 1. The summed E-state index contributed by atoms with van der Waals surface area (Å²) in [7, 11) is 0. The van der Waals surface area contributed by atoms with E-state index in [0.29, 0.717) is 12.8 Å². The number of carbonyl (C=O) groups excluding carboxylic acids is 1. The van der Waals surface area contributed by atoms with Crippen molar-refractivity contribution in [1.82, 2.24) is 0 Å². The minimum atomic E-state index is -0.841. The second kappa shape index (κ2) is 11.5. The molecule has 0 radical (unpaired) electrons. The standard InChI is InChI=1S/C5H8O3.2ClH/c6-4-2-1-3-5(7)8;;/h4H,1-3H2,(H,7,8);2*1H. The summed E-state index contributed by atoms with van der Waals surface area (Å²) in [6.07, 6.45) is 1.63. The number of hydrogen-bond donors (Lipinski definition) is 1. The highest BCUT2D eigenvalue weighted by molar-refractivity contribution is 5.85. The number of unbranched alkanes of at least 4 members (excludes halogenated alkanes) is 1. The molecule has 10 heavy (non-hydrogen) atoms. The number of carboxylic acid groups (broad SMARTS) is 1. The number of halogens is 2. The van der Waals surface area contributed by atoms with Gasteiger partial charge in [0.2, 0.25) is 0 Å². The van der Waals surface area contributed by atoms with Crippen molar-refractivity contribution < 1.29 is 14.7 Å². The molecule has 0 amide bonds. The second-order valence-corrected chi connectivity index (χ2v) is 1.45. The minimum absolute atomic E-state index is 0. The van der Waals surface area contributed by atoms with Crippen molar-refractivity contribution in [2.75, 3.05) is 0 Å². The van der Waals surface area contributed by atoms with Crippen molar-refractivity contribution in [3.63, 3.8) is 0 Å². The van der Waals surface area contributed by atoms with E-state index in [4.69, 9.17) is 5.11 Å². The maximum atomic E-state index is 9.76. The Balaban J connectivity index is -0.000000245. The molecule has 0 fully saturated rings. The Hall–Kier alpha value is -0.280. The van der Waals surface area contributed by atoms with Gasteiger partial charge in [0.05, 0.1) is 0 Å². The summed E-state index contributed by atoms with van der Waals surface area (Å²) in [5, 5.41) is 8.02.